The van der Waals surface area contributed by atoms with Crippen LogP contribution in [-0.4, -0.2) is 36.8 Å². The van der Waals surface area contributed by atoms with Crippen LogP contribution in [0, 0.1) is 20.8 Å². The van der Waals surface area contributed by atoms with Crippen LogP contribution in [0.2, 0.25) is 0 Å². The number of aromatic nitrogens is 1. The molecule has 186 valence electrons. The molecule has 1 fully saturated rings. The van der Waals surface area contributed by atoms with E-state index >= 15 is 0 Å². The maximum atomic E-state index is 13.5. The first-order chi connectivity index (χ1) is 16.7. The molecule has 1 aliphatic rings. The van der Waals surface area contributed by atoms with Crippen molar-refractivity contribution in [1.82, 2.24) is 9.88 Å². The van der Waals surface area contributed by atoms with E-state index in [9.17, 15) is 18.0 Å². The molecule has 2 heterocycles. The van der Waals surface area contributed by atoms with Gasteiger partial charge in [-0.05, 0) is 49.6 Å². The Hall–Kier alpha value is -3.26. The van der Waals surface area contributed by atoms with Crippen molar-refractivity contribution < 1.29 is 22.7 Å². The van der Waals surface area contributed by atoms with Gasteiger partial charge in [0.1, 0.15) is 5.69 Å². The molecule has 1 N–H and O–H groups in total. The number of ether oxygens (including phenoxy) is 1. The number of morpholine rings is 1. The summed E-state index contributed by atoms with van der Waals surface area (Å²) in [5.74, 6) is -0.309. The third-order valence-corrected chi connectivity index (χ3v) is 6.57. The quantitative estimate of drug-likeness (QED) is 0.519. The van der Waals surface area contributed by atoms with E-state index in [0.717, 1.165) is 53.3 Å². The lowest BCUT2D eigenvalue weighted by molar-refractivity contribution is -0.137. The number of alkyl halides is 3. The topological polar surface area (TPSA) is 46.5 Å². The number of halogens is 3. The van der Waals surface area contributed by atoms with E-state index in [0.29, 0.717) is 31.0 Å². The number of hydrogen-bond acceptors (Lipinski definition) is 3. The van der Waals surface area contributed by atoms with E-state index in [2.05, 4.69) is 10.2 Å². The maximum absolute atomic E-state index is 13.5. The van der Waals surface area contributed by atoms with Crippen LogP contribution >= 0.6 is 0 Å². The van der Waals surface area contributed by atoms with Gasteiger partial charge in [0.15, 0.2) is 0 Å². The second-order valence-electron chi connectivity index (χ2n) is 8.90. The molecule has 8 heteroatoms. The SMILES string of the molecule is Cc1ccccc1Cn1c(C)c(N2CCOCC2)c(C)c1C(=O)NCc1cccc(C(F)(F)F)c1. The molecule has 1 saturated heterocycles. The third kappa shape index (κ3) is 5.37. The molecule has 35 heavy (non-hydrogen) atoms. The van der Waals surface area contributed by atoms with Crippen LogP contribution in [0.3, 0.4) is 0 Å². The molecule has 4 rings (SSSR count). The largest absolute Gasteiger partial charge is 0.416 e. The van der Waals surface area contributed by atoms with Crippen molar-refractivity contribution in [1.29, 1.82) is 0 Å². The normalized spacial score (nSPS) is 14.3. The molecule has 0 spiro atoms. The summed E-state index contributed by atoms with van der Waals surface area (Å²) < 4.78 is 46.8. The minimum atomic E-state index is -4.43. The van der Waals surface area contributed by atoms with Gasteiger partial charge in [-0.25, -0.2) is 0 Å². The first-order valence-electron chi connectivity index (χ1n) is 11.7. The molecule has 1 amide bonds. The highest BCUT2D eigenvalue weighted by Crippen LogP contribution is 2.33. The minimum absolute atomic E-state index is 0.00364. The van der Waals surface area contributed by atoms with E-state index in [1.54, 1.807) is 6.07 Å². The average Bonchev–Trinajstić information content (AvgIpc) is 3.08. The summed E-state index contributed by atoms with van der Waals surface area (Å²) in [4.78, 5) is 15.7. The van der Waals surface area contributed by atoms with Crippen LogP contribution in [-0.2, 0) is 24.0 Å². The Morgan fingerprint density at radius 1 is 1.03 bits per heavy atom. The van der Waals surface area contributed by atoms with Gasteiger partial charge >= 0.3 is 6.18 Å². The molecule has 1 aromatic heterocycles. The summed E-state index contributed by atoms with van der Waals surface area (Å²) in [5, 5.41) is 2.85. The number of carbonyl (C=O) groups excluding carboxylic acids is 1. The van der Waals surface area contributed by atoms with Crippen LogP contribution in [0.1, 0.15) is 44.0 Å². The Kier molecular flexibility index (Phi) is 7.21. The molecule has 3 aromatic rings. The molecular formula is C27H30F3N3O2. The van der Waals surface area contributed by atoms with Crippen LogP contribution in [0.25, 0.3) is 0 Å². The van der Waals surface area contributed by atoms with Crippen LogP contribution < -0.4 is 10.2 Å². The van der Waals surface area contributed by atoms with Crippen LogP contribution in [0.4, 0.5) is 18.9 Å². The smallest absolute Gasteiger partial charge is 0.378 e. The molecule has 0 aliphatic carbocycles. The summed E-state index contributed by atoms with van der Waals surface area (Å²) in [5.41, 5.74) is 5.29. The second-order valence-corrected chi connectivity index (χ2v) is 8.90. The number of aryl methyl sites for hydroxylation is 1. The van der Waals surface area contributed by atoms with Gasteiger partial charge in [-0.1, -0.05) is 36.4 Å². The fourth-order valence-electron chi connectivity index (χ4n) is 4.71. The van der Waals surface area contributed by atoms with Gasteiger partial charge in [0.2, 0.25) is 0 Å². The fraction of sp³-hybridized carbons (Fsp3) is 0.370. The van der Waals surface area contributed by atoms with Crippen molar-refractivity contribution in [2.75, 3.05) is 31.2 Å². The van der Waals surface area contributed by atoms with Crippen molar-refractivity contribution >= 4 is 11.6 Å². The zero-order valence-electron chi connectivity index (χ0n) is 20.2. The van der Waals surface area contributed by atoms with Gasteiger partial charge in [-0.3, -0.25) is 4.79 Å². The maximum Gasteiger partial charge on any atom is 0.416 e. The standard InChI is InChI=1S/C27H30F3N3O2/c1-18-7-4-5-9-22(18)17-33-20(3)24(32-11-13-35-14-12-32)19(2)25(33)26(34)31-16-21-8-6-10-23(15-21)27(28,29)30/h4-10,15H,11-14,16-17H2,1-3H3,(H,31,34). The summed E-state index contributed by atoms with van der Waals surface area (Å²) in [7, 11) is 0. The van der Waals surface area contributed by atoms with E-state index in [1.807, 2.05) is 49.6 Å². The first kappa shape index (κ1) is 24.9. The molecular weight excluding hydrogens is 455 g/mol. The van der Waals surface area contributed by atoms with Gasteiger partial charge in [0, 0.05) is 37.4 Å². The number of anilines is 1. The Morgan fingerprint density at radius 3 is 2.43 bits per heavy atom. The summed E-state index contributed by atoms with van der Waals surface area (Å²) in [6.07, 6.45) is -4.43. The van der Waals surface area contributed by atoms with Crippen molar-refractivity contribution in [2.45, 2.75) is 40.0 Å². The monoisotopic (exact) mass is 485 g/mol. The van der Waals surface area contributed by atoms with Crippen LogP contribution in [0.15, 0.2) is 48.5 Å². The van der Waals surface area contributed by atoms with Crippen molar-refractivity contribution in [2.24, 2.45) is 0 Å². The molecule has 5 nitrogen and oxygen atoms in total. The number of nitrogens with one attached hydrogen (secondary N) is 1. The Labute approximate surface area is 203 Å². The molecule has 0 saturated carbocycles. The molecule has 0 atom stereocenters. The number of hydrogen-bond donors (Lipinski definition) is 1. The highest BCUT2D eigenvalue weighted by molar-refractivity contribution is 5.96. The molecule has 2 aromatic carbocycles. The van der Waals surface area contributed by atoms with Gasteiger partial charge in [-0.2, -0.15) is 13.2 Å². The van der Waals surface area contributed by atoms with Crippen LogP contribution in [0.5, 0.6) is 0 Å². The Morgan fingerprint density at radius 2 is 1.74 bits per heavy atom. The van der Waals surface area contributed by atoms with Crippen molar-refractivity contribution in [3.63, 3.8) is 0 Å². The predicted molar refractivity (Wildman–Crippen MR) is 130 cm³/mol. The predicted octanol–water partition coefficient (Wildman–Crippen LogP) is 5.25. The third-order valence-electron chi connectivity index (χ3n) is 6.57. The van der Waals surface area contributed by atoms with E-state index in [-0.39, 0.29) is 12.5 Å². The second kappa shape index (κ2) is 10.2. The number of benzene rings is 2. The zero-order valence-corrected chi connectivity index (χ0v) is 20.2. The summed E-state index contributed by atoms with van der Waals surface area (Å²) in [6.45, 7) is 9.24. The Balaban J connectivity index is 1.67. The molecule has 0 radical (unpaired) electrons. The molecule has 0 unspecified atom stereocenters. The van der Waals surface area contributed by atoms with E-state index < -0.39 is 11.7 Å². The first-order valence-corrected chi connectivity index (χ1v) is 11.7. The van der Waals surface area contributed by atoms with Crippen molar-refractivity contribution in [3.8, 4) is 0 Å². The lowest BCUT2D eigenvalue weighted by atomic mass is 10.1. The number of carbonyl (C=O) groups is 1. The highest BCUT2D eigenvalue weighted by atomic mass is 19.4. The average molecular weight is 486 g/mol. The Bertz CT molecular complexity index is 1210. The van der Waals surface area contributed by atoms with Crippen molar-refractivity contribution in [3.05, 3.63) is 87.7 Å². The summed E-state index contributed by atoms with van der Waals surface area (Å²) >= 11 is 0. The lowest BCUT2D eigenvalue weighted by Crippen LogP contribution is -2.36. The summed E-state index contributed by atoms with van der Waals surface area (Å²) in [6, 6.07) is 13.1. The number of nitrogens with zero attached hydrogens (tertiary/aromatic N) is 2. The molecule has 1 aliphatic heterocycles. The van der Waals surface area contributed by atoms with Gasteiger partial charge in [-0.15, -0.1) is 0 Å². The van der Waals surface area contributed by atoms with Gasteiger partial charge in [0.25, 0.3) is 5.91 Å². The van der Waals surface area contributed by atoms with E-state index in [1.165, 1.54) is 6.07 Å². The minimum Gasteiger partial charge on any atom is -0.378 e. The fourth-order valence-corrected chi connectivity index (χ4v) is 4.71. The number of rotatable bonds is 6. The highest BCUT2D eigenvalue weighted by Gasteiger charge is 2.31. The van der Waals surface area contributed by atoms with Gasteiger partial charge in [0.05, 0.1) is 24.5 Å². The lowest BCUT2D eigenvalue weighted by Gasteiger charge is -2.29. The molecule has 0 bridgehead atoms. The zero-order chi connectivity index (χ0) is 25.2. The van der Waals surface area contributed by atoms with Gasteiger partial charge < -0.3 is 19.5 Å². The number of amides is 1. The van der Waals surface area contributed by atoms with E-state index in [4.69, 9.17) is 4.74 Å².